The second-order valence-electron chi connectivity index (χ2n) is 4.83. The molecule has 118 valence electrons. The Morgan fingerprint density at radius 1 is 1.00 bits per heavy atom. The van der Waals surface area contributed by atoms with Gasteiger partial charge in [0.2, 0.25) is 9.84 Å². The molecule has 0 saturated carbocycles. The van der Waals surface area contributed by atoms with Gasteiger partial charge in [-0.3, -0.25) is 0 Å². The van der Waals surface area contributed by atoms with Crippen molar-refractivity contribution < 1.29 is 8.42 Å². The third-order valence-electron chi connectivity index (χ3n) is 3.30. The van der Waals surface area contributed by atoms with Crippen LogP contribution in [0.25, 0.3) is 10.6 Å². The summed E-state index contributed by atoms with van der Waals surface area (Å²) in [5.41, 5.74) is 7.27. The van der Waals surface area contributed by atoms with Crippen LogP contribution in [0.15, 0.2) is 68.2 Å². The van der Waals surface area contributed by atoms with Crippen LogP contribution in [0.5, 0.6) is 0 Å². The number of sulfone groups is 1. The number of nitrogens with two attached hydrogens (primary N) is 1. The Hall–Kier alpha value is -1.54. The Labute approximate surface area is 147 Å². The molecule has 1 heterocycles. The first kappa shape index (κ1) is 16.3. The van der Waals surface area contributed by atoms with Gasteiger partial charge in [0, 0.05) is 22.0 Å². The van der Waals surface area contributed by atoms with Gasteiger partial charge in [0.15, 0.2) is 0 Å². The van der Waals surface area contributed by atoms with E-state index in [1.807, 2.05) is 5.38 Å². The van der Waals surface area contributed by atoms with Crippen molar-refractivity contribution in [1.29, 1.82) is 0 Å². The van der Waals surface area contributed by atoms with Crippen LogP contribution < -0.4 is 5.73 Å². The Morgan fingerprint density at radius 2 is 1.57 bits per heavy atom. The number of rotatable bonds is 4. The molecule has 7 heteroatoms. The van der Waals surface area contributed by atoms with Crippen molar-refractivity contribution in [2.24, 2.45) is 5.73 Å². The van der Waals surface area contributed by atoms with Crippen molar-refractivity contribution in [3.05, 3.63) is 64.1 Å². The Morgan fingerprint density at radius 3 is 2.09 bits per heavy atom. The summed E-state index contributed by atoms with van der Waals surface area (Å²) in [7, 11) is -3.51. The van der Waals surface area contributed by atoms with Crippen LogP contribution in [-0.4, -0.2) is 13.4 Å². The molecule has 0 bridgehead atoms. The quantitative estimate of drug-likeness (QED) is 0.710. The average Bonchev–Trinajstić information content (AvgIpc) is 3.04. The van der Waals surface area contributed by atoms with Crippen LogP contribution in [-0.2, 0) is 16.4 Å². The summed E-state index contributed by atoms with van der Waals surface area (Å²) < 4.78 is 26.0. The molecule has 3 rings (SSSR count). The van der Waals surface area contributed by atoms with Crippen LogP contribution in [0, 0.1) is 0 Å². The van der Waals surface area contributed by atoms with E-state index in [2.05, 4.69) is 20.9 Å². The molecule has 0 amide bonds. The number of aromatic nitrogens is 1. The summed E-state index contributed by atoms with van der Waals surface area (Å²) in [4.78, 5) is 4.93. The van der Waals surface area contributed by atoms with E-state index in [4.69, 9.17) is 5.73 Å². The number of halogens is 1. The second-order valence-corrected chi connectivity index (χ2v) is 8.55. The fraction of sp³-hybridized carbons (Fsp3) is 0.0625. The monoisotopic (exact) mass is 408 g/mol. The van der Waals surface area contributed by atoms with Crippen molar-refractivity contribution in [3.8, 4) is 10.6 Å². The zero-order valence-electron chi connectivity index (χ0n) is 11.9. The third kappa shape index (κ3) is 3.37. The third-order valence-corrected chi connectivity index (χ3v) is 6.55. The van der Waals surface area contributed by atoms with Crippen LogP contribution >= 0.6 is 27.3 Å². The fourth-order valence-electron chi connectivity index (χ4n) is 2.06. The summed E-state index contributed by atoms with van der Waals surface area (Å²) in [6.07, 6.45) is 0. The Kier molecular flexibility index (Phi) is 4.63. The molecule has 1 aromatic heterocycles. The molecule has 0 saturated heterocycles. The molecule has 3 aromatic rings. The zero-order chi connectivity index (χ0) is 16.4. The summed E-state index contributed by atoms with van der Waals surface area (Å²) in [5, 5.41) is 2.74. The fourth-order valence-corrected chi connectivity index (χ4v) is 4.42. The summed E-state index contributed by atoms with van der Waals surface area (Å²) in [6, 6.07) is 13.3. The zero-order valence-corrected chi connectivity index (χ0v) is 15.2. The molecule has 2 N–H and O–H groups in total. The van der Waals surface area contributed by atoms with E-state index in [-0.39, 0.29) is 9.79 Å². The second kappa shape index (κ2) is 6.52. The average molecular weight is 409 g/mol. The minimum Gasteiger partial charge on any atom is -0.325 e. The molecule has 4 nitrogen and oxygen atoms in total. The minimum atomic E-state index is -3.51. The Bertz CT molecular complexity index is 917. The van der Waals surface area contributed by atoms with Crippen molar-refractivity contribution in [1.82, 2.24) is 4.98 Å². The van der Waals surface area contributed by atoms with Gasteiger partial charge in [-0.05, 0) is 36.4 Å². The molecule has 0 spiro atoms. The van der Waals surface area contributed by atoms with Gasteiger partial charge in [-0.15, -0.1) is 11.3 Å². The summed E-state index contributed by atoms with van der Waals surface area (Å²) >= 11 is 4.79. The highest BCUT2D eigenvalue weighted by Gasteiger charge is 2.17. The molecule has 0 fully saturated rings. The van der Waals surface area contributed by atoms with Gasteiger partial charge < -0.3 is 5.73 Å². The first-order chi connectivity index (χ1) is 11.0. The van der Waals surface area contributed by atoms with Gasteiger partial charge in [-0.25, -0.2) is 13.4 Å². The lowest BCUT2D eigenvalue weighted by atomic mass is 10.2. The standard InChI is InChI=1S/C16H13BrN2O2S2/c17-12-3-7-15(8-4-12)23(20,21)14-5-1-11(2-6-14)16-19-13(9-18)10-22-16/h1-8,10H,9,18H2. The van der Waals surface area contributed by atoms with E-state index < -0.39 is 9.84 Å². The first-order valence-electron chi connectivity index (χ1n) is 6.76. The lowest BCUT2D eigenvalue weighted by molar-refractivity contribution is 0.596. The normalized spacial score (nSPS) is 11.6. The summed E-state index contributed by atoms with van der Waals surface area (Å²) in [6.45, 7) is 0.395. The predicted octanol–water partition coefficient (Wildman–Crippen LogP) is 3.86. The molecular weight excluding hydrogens is 396 g/mol. The van der Waals surface area contributed by atoms with Gasteiger partial charge in [-0.2, -0.15) is 0 Å². The largest absolute Gasteiger partial charge is 0.325 e. The van der Waals surface area contributed by atoms with E-state index in [0.29, 0.717) is 6.54 Å². The van der Waals surface area contributed by atoms with Gasteiger partial charge >= 0.3 is 0 Å². The van der Waals surface area contributed by atoms with Crippen molar-refractivity contribution in [3.63, 3.8) is 0 Å². The summed E-state index contributed by atoms with van der Waals surface area (Å²) in [5.74, 6) is 0. The van der Waals surface area contributed by atoms with E-state index in [1.165, 1.54) is 11.3 Å². The number of hydrogen-bond donors (Lipinski definition) is 1. The van der Waals surface area contributed by atoms with Gasteiger partial charge in [0.05, 0.1) is 15.5 Å². The van der Waals surface area contributed by atoms with Crippen LogP contribution in [0.3, 0.4) is 0 Å². The molecule has 0 radical (unpaired) electrons. The van der Waals surface area contributed by atoms with Gasteiger partial charge in [0.1, 0.15) is 5.01 Å². The maximum Gasteiger partial charge on any atom is 0.206 e. The van der Waals surface area contributed by atoms with E-state index >= 15 is 0 Å². The minimum absolute atomic E-state index is 0.263. The molecule has 0 aliphatic carbocycles. The van der Waals surface area contributed by atoms with E-state index in [1.54, 1.807) is 48.5 Å². The number of hydrogen-bond acceptors (Lipinski definition) is 5. The van der Waals surface area contributed by atoms with Crippen LogP contribution in [0.2, 0.25) is 0 Å². The molecular formula is C16H13BrN2O2S2. The van der Waals surface area contributed by atoms with E-state index in [0.717, 1.165) is 20.7 Å². The molecule has 0 atom stereocenters. The highest BCUT2D eigenvalue weighted by atomic mass is 79.9. The Balaban J connectivity index is 1.93. The highest BCUT2D eigenvalue weighted by molar-refractivity contribution is 9.10. The number of benzene rings is 2. The van der Waals surface area contributed by atoms with Gasteiger partial charge in [-0.1, -0.05) is 28.1 Å². The van der Waals surface area contributed by atoms with Crippen molar-refractivity contribution >= 4 is 37.1 Å². The van der Waals surface area contributed by atoms with Crippen LogP contribution in [0.4, 0.5) is 0 Å². The molecule has 0 aliphatic rings. The molecule has 2 aromatic carbocycles. The highest BCUT2D eigenvalue weighted by Crippen LogP contribution is 2.27. The lowest BCUT2D eigenvalue weighted by Gasteiger charge is -2.05. The number of nitrogens with zero attached hydrogens (tertiary/aromatic N) is 1. The molecule has 0 unspecified atom stereocenters. The predicted molar refractivity (Wildman–Crippen MR) is 95.0 cm³/mol. The first-order valence-corrected chi connectivity index (χ1v) is 9.92. The molecule has 23 heavy (non-hydrogen) atoms. The topological polar surface area (TPSA) is 73.1 Å². The van der Waals surface area contributed by atoms with E-state index in [9.17, 15) is 8.42 Å². The van der Waals surface area contributed by atoms with Crippen molar-refractivity contribution in [2.45, 2.75) is 16.3 Å². The maximum absolute atomic E-state index is 12.6. The maximum atomic E-state index is 12.6. The van der Waals surface area contributed by atoms with Crippen molar-refractivity contribution in [2.75, 3.05) is 0 Å². The lowest BCUT2D eigenvalue weighted by Crippen LogP contribution is -2.01. The smallest absolute Gasteiger partial charge is 0.206 e. The SMILES string of the molecule is NCc1csc(-c2ccc(S(=O)(=O)c3ccc(Br)cc3)cc2)n1. The molecule has 0 aliphatic heterocycles. The van der Waals surface area contributed by atoms with Crippen LogP contribution in [0.1, 0.15) is 5.69 Å². The van der Waals surface area contributed by atoms with Gasteiger partial charge in [0.25, 0.3) is 0 Å². The number of thiazole rings is 1.